The van der Waals surface area contributed by atoms with Crippen LogP contribution >= 0.6 is 0 Å². The zero-order valence-corrected chi connectivity index (χ0v) is 18.8. The number of carboxylic acids is 1. The lowest BCUT2D eigenvalue weighted by Crippen LogP contribution is -2.06. The number of carbonyl (C=O) groups is 1. The molecule has 3 aromatic rings. The van der Waals surface area contributed by atoms with Gasteiger partial charge in [0.1, 0.15) is 24.5 Å². The lowest BCUT2D eigenvalue weighted by Gasteiger charge is -2.14. The number of aliphatic carboxylic acids is 1. The van der Waals surface area contributed by atoms with Crippen molar-refractivity contribution in [2.24, 2.45) is 5.16 Å². The van der Waals surface area contributed by atoms with Crippen molar-refractivity contribution in [2.45, 2.75) is 27.1 Å². The van der Waals surface area contributed by atoms with Crippen LogP contribution in [-0.2, 0) is 27.6 Å². The maximum absolute atomic E-state index is 11.6. The number of aromatic nitrogens is 1. The highest BCUT2D eigenvalue weighted by Gasteiger charge is 2.15. The molecule has 0 saturated heterocycles. The molecule has 3 rings (SSSR count). The van der Waals surface area contributed by atoms with Crippen molar-refractivity contribution in [1.29, 1.82) is 0 Å². The first kappa shape index (κ1) is 23.5. The summed E-state index contributed by atoms with van der Waals surface area (Å²) >= 11 is 0. The zero-order chi connectivity index (χ0) is 23.6. The third-order valence-corrected chi connectivity index (χ3v) is 4.97. The summed E-state index contributed by atoms with van der Waals surface area (Å²) in [6.45, 7) is 4.50. The summed E-state index contributed by atoms with van der Waals surface area (Å²) in [6, 6.07) is 14.9. The molecule has 0 bridgehead atoms. The second-order valence-electron chi connectivity index (χ2n) is 7.36. The molecule has 0 aliphatic carbocycles. The van der Waals surface area contributed by atoms with Gasteiger partial charge in [0.05, 0.1) is 19.6 Å². The van der Waals surface area contributed by atoms with Crippen LogP contribution in [0.4, 0.5) is 0 Å². The number of pyridine rings is 1. The molecule has 0 unspecified atom stereocenters. The molecule has 0 atom stereocenters. The summed E-state index contributed by atoms with van der Waals surface area (Å²) in [6.07, 6.45) is 6.32. The Hall–Kier alpha value is -4.13. The standard InChI is InChI=1S/C26H26N2O5/c1-18-13-25(19(2)12-22(18)14-28-33-15-20-8-10-27-11-9-20)32-16-21-6-4-5-7-23(21)24(17-31-3)26(29)30/h4-14,17H,15-16H2,1-3H3,(H,29,30). The minimum absolute atomic E-state index is 0.0722. The molecule has 7 nitrogen and oxygen atoms in total. The van der Waals surface area contributed by atoms with Gasteiger partial charge in [0.25, 0.3) is 0 Å². The van der Waals surface area contributed by atoms with Gasteiger partial charge >= 0.3 is 5.97 Å². The smallest absolute Gasteiger partial charge is 0.339 e. The topological polar surface area (TPSA) is 90.2 Å². The van der Waals surface area contributed by atoms with Gasteiger partial charge < -0.3 is 19.4 Å². The van der Waals surface area contributed by atoms with Gasteiger partial charge in [0.15, 0.2) is 0 Å². The van der Waals surface area contributed by atoms with E-state index in [9.17, 15) is 9.90 Å². The predicted molar refractivity (Wildman–Crippen MR) is 126 cm³/mol. The van der Waals surface area contributed by atoms with E-state index in [1.165, 1.54) is 13.4 Å². The van der Waals surface area contributed by atoms with E-state index in [0.717, 1.165) is 27.8 Å². The van der Waals surface area contributed by atoms with Crippen molar-refractivity contribution >= 4 is 17.8 Å². The van der Waals surface area contributed by atoms with Gasteiger partial charge in [0, 0.05) is 12.4 Å². The first-order valence-corrected chi connectivity index (χ1v) is 10.3. The molecule has 2 aromatic carbocycles. The molecule has 0 amide bonds. The monoisotopic (exact) mass is 446 g/mol. The maximum atomic E-state index is 11.6. The molecule has 170 valence electrons. The molecule has 1 heterocycles. The summed E-state index contributed by atoms with van der Waals surface area (Å²) in [7, 11) is 1.42. The highest BCUT2D eigenvalue weighted by atomic mass is 16.6. The molecule has 0 fully saturated rings. The average molecular weight is 447 g/mol. The number of oxime groups is 1. The second kappa shape index (κ2) is 11.5. The number of carboxylic acid groups (broad SMARTS) is 1. The van der Waals surface area contributed by atoms with Crippen molar-refractivity contribution in [1.82, 2.24) is 4.98 Å². The maximum Gasteiger partial charge on any atom is 0.339 e. The van der Waals surface area contributed by atoms with Gasteiger partial charge in [0.2, 0.25) is 0 Å². The Labute approximate surface area is 193 Å². The molecule has 0 radical (unpaired) electrons. The van der Waals surface area contributed by atoms with Crippen LogP contribution in [0.3, 0.4) is 0 Å². The SMILES string of the molecule is COC=C(C(=O)O)c1ccccc1COc1cc(C)c(C=NOCc2ccncc2)cc1C. The van der Waals surface area contributed by atoms with Gasteiger partial charge in [-0.2, -0.15) is 0 Å². The van der Waals surface area contributed by atoms with Gasteiger partial charge in [-0.3, -0.25) is 4.98 Å². The summed E-state index contributed by atoms with van der Waals surface area (Å²) in [5, 5.41) is 13.6. The van der Waals surface area contributed by atoms with Gasteiger partial charge in [-0.1, -0.05) is 29.4 Å². The van der Waals surface area contributed by atoms with E-state index in [1.54, 1.807) is 30.7 Å². The molecule has 0 aliphatic rings. The van der Waals surface area contributed by atoms with E-state index < -0.39 is 5.97 Å². The summed E-state index contributed by atoms with van der Waals surface area (Å²) in [5.41, 5.74) is 5.19. The Bertz CT molecular complexity index is 1160. The molecule has 0 aliphatic heterocycles. The molecule has 7 heteroatoms. The van der Waals surface area contributed by atoms with Crippen molar-refractivity contribution < 1.29 is 24.2 Å². The Morgan fingerprint density at radius 3 is 2.55 bits per heavy atom. The number of hydrogen-bond acceptors (Lipinski definition) is 6. The zero-order valence-electron chi connectivity index (χ0n) is 18.8. The van der Waals surface area contributed by atoms with Crippen molar-refractivity contribution in [3.63, 3.8) is 0 Å². The van der Waals surface area contributed by atoms with Crippen molar-refractivity contribution in [2.75, 3.05) is 7.11 Å². The first-order chi connectivity index (χ1) is 16.0. The highest BCUT2D eigenvalue weighted by molar-refractivity contribution is 6.15. The average Bonchev–Trinajstić information content (AvgIpc) is 2.82. The third kappa shape index (κ3) is 6.43. The minimum atomic E-state index is -1.06. The van der Waals surface area contributed by atoms with E-state index >= 15 is 0 Å². The molecule has 0 spiro atoms. The van der Waals surface area contributed by atoms with Crippen LogP contribution in [0.5, 0.6) is 5.75 Å². The van der Waals surface area contributed by atoms with Crippen LogP contribution in [-0.4, -0.2) is 29.4 Å². The molecular weight excluding hydrogens is 420 g/mol. The summed E-state index contributed by atoms with van der Waals surface area (Å²) in [5.74, 6) is -0.351. The Morgan fingerprint density at radius 1 is 1.06 bits per heavy atom. The van der Waals surface area contributed by atoms with Crippen molar-refractivity contribution in [3.05, 3.63) is 101 Å². The molecular formula is C26H26N2O5. The number of rotatable bonds is 10. The Morgan fingerprint density at radius 2 is 1.82 bits per heavy atom. The van der Waals surface area contributed by atoms with Gasteiger partial charge in [-0.15, -0.1) is 0 Å². The van der Waals surface area contributed by atoms with Crippen LogP contribution in [0, 0.1) is 13.8 Å². The number of nitrogens with zero attached hydrogens (tertiary/aromatic N) is 2. The molecule has 1 aromatic heterocycles. The summed E-state index contributed by atoms with van der Waals surface area (Å²) < 4.78 is 11.0. The van der Waals surface area contributed by atoms with Crippen LogP contribution in [0.1, 0.15) is 33.4 Å². The fraction of sp³-hybridized carbons (Fsp3) is 0.192. The predicted octanol–water partition coefficient (Wildman–Crippen LogP) is 4.90. The summed E-state index contributed by atoms with van der Waals surface area (Å²) in [4.78, 5) is 21.0. The lowest BCUT2D eigenvalue weighted by atomic mass is 10.0. The third-order valence-electron chi connectivity index (χ3n) is 4.97. The highest BCUT2D eigenvalue weighted by Crippen LogP contribution is 2.26. The molecule has 1 N–H and O–H groups in total. The first-order valence-electron chi connectivity index (χ1n) is 10.3. The van der Waals surface area contributed by atoms with Crippen LogP contribution in [0.25, 0.3) is 5.57 Å². The largest absolute Gasteiger partial charge is 0.503 e. The fourth-order valence-electron chi connectivity index (χ4n) is 3.20. The van der Waals surface area contributed by atoms with Crippen LogP contribution in [0.15, 0.2) is 72.3 Å². The van der Waals surface area contributed by atoms with Crippen LogP contribution < -0.4 is 4.74 Å². The van der Waals surface area contributed by atoms with E-state index in [2.05, 4.69) is 10.1 Å². The normalized spacial score (nSPS) is 11.4. The quantitative estimate of drug-likeness (QED) is 0.206. The van der Waals surface area contributed by atoms with Crippen LogP contribution in [0.2, 0.25) is 0 Å². The van der Waals surface area contributed by atoms with E-state index in [1.807, 2.05) is 50.2 Å². The van der Waals surface area contributed by atoms with E-state index in [-0.39, 0.29) is 12.2 Å². The molecule has 0 saturated carbocycles. The van der Waals surface area contributed by atoms with Gasteiger partial charge in [-0.05, 0) is 71.5 Å². The van der Waals surface area contributed by atoms with E-state index in [4.69, 9.17) is 14.3 Å². The number of ether oxygens (including phenoxy) is 2. The Kier molecular flexibility index (Phi) is 8.18. The number of hydrogen-bond donors (Lipinski definition) is 1. The fourth-order valence-corrected chi connectivity index (χ4v) is 3.20. The minimum Gasteiger partial charge on any atom is -0.503 e. The second-order valence-corrected chi connectivity index (χ2v) is 7.36. The molecule has 33 heavy (non-hydrogen) atoms. The Balaban J connectivity index is 1.70. The number of aryl methyl sites for hydroxylation is 2. The number of methoxy groups -OCH3 is 1. The van der Waals surface area contributed by atoms with Crippen molar-refractivity contribution in [3.8, 4) is 5.75 Å². The lowest BCUT2D eigenvalue weighted by molar-refractivity contribution is -0.130. The van der Waals surface area contributed by atoms with Gasteiger partial charge in [-0.25, -0.2) is 4.79 Å². The number of benzene rings is 2. The van der Waals surface area contributed by atoms with E-state index in [0.29, 0.717) is 17.9 Å².